The monoisotopic (exact) mass is 199 g/mol. The first kappa shape index (κ1) is 8.42. The van der Waals surface area contributed by atoms with Gasteiger partial charge in [0.05, 0.1) is 15.7 Å². The molecule has 0 unspecified atom stereocenters. The summed E-state index contributed by atoms with van der Waals surface area (Å²) in [5, 5.41) is 5.66. The van der Waals surface area contributed by atoms with Crippen LogP contribution in [0.15, 0.2) is 0 Å². The van der Waals surface area contributed by atoms with Gasteiger partial charge in [0.2, 0.25) is 0 Å². The quantitative estimate of drug-likeness (QED) is 0.684. The fourth-order valence-electron chi connectivity index (χ4n) is 4.28. The van der Waals surface area contributed by atoms with Crippen LogP contribution in [0.25, 0.3) is 0 Å². The zero-order chi connectivity index (χ0) is 9.05. The molecule has 4 aliphatic rings. The highest BCUT2D eigenvalue weighted by Gasteiger charge is 2.53. The summed E-state index contributed by atoms with van der Waals surface area (Å²) >= 11 is 0. The fraction of sp³-hybridized carbons (Fsp3) is 1.00. The molecule has 13 heavy (non-hydrogen) atoms. The minimum Gasteiger partial charge on any atom is -0.251 e. The first-order valence-corrected chi connectivity index (χ1v) is 6.55. The van der Waals surface area contributed by atoms with E-state index < -0.39 is 11.0 Å². The molecule has 4 saturated carbocycles. The van der Waals surface area contributed by atoms with Gasteiger partial charge in [-0.25, -0.2) is 4.21 Å². The lowest BCUT2D eigenvalue weighted by Gasteiger charge is -2.55. The second kappa shape index (κ2) is 2.57. The van der Waals surface area contributed by atoms with Crippen molar-refractivity contribution in [2.24, 2.45) is 22.9 Å². The number of hydrogen-bond donors (Lipinski definition) is 1. The van der Waals surface area contributed by atoms with Gasteiger partial charge in [-0.2, -0.15) is 0 Å². The SMILES string of the molecule is N[S@@](=O)C12CC3CC(CC(C3)C1)C2. The summed E-state index contributed by atoms with van der Waals surface area (Å²) in [5.74, 6) is 2.58. The van der Waals surface area contributed by atoms with E-state index in [0.717, 1.165) is 37.0 Å². The molecular formula is C10H17NOS. The Morgan fingerprint density at radius 3 is 1.69 bits per heavy atom. The molecule has 4 aliphatic carbocycles. The van der Waals surface area contributed by atoms with Crippen LogP contribution in [0.5, 0.6) is 0 Å². The van der Waals surface area contributed by atoms with Crippen LogP contribution in [0, 0.1) is 17.8 Å². The molecule has 0 saturated heterocycles. The van der Waals surface area contributed by atoms with Crippen LogP contribution in [0.3, 0.4) is 0 Å². The third-order valence-corrected chi connectivity index (χ3v) is 5.76. The highest BCUT2D eigenvalue weighted by atomic mass is 32.2. The lowest BCUT2D eigenvalue weighted by molar-refractivity contribution is 0.0361. The van der Waals surface area contributed by atoms with E-state index in [1.807, 2.05) is 0 Å². The maximum absolute atomic E-state index is 11.6. The molecule has 0 amide bonds. The van der Waals surface area contributed by atoms with Crippen LogP contribution in [-0.2, 0) is 11.0 Å². The molecule has 3 heteroatoms. The molecule has 0 aromatic carbocycles. The van der Waals surface area contributed by atoms with Gasteiger partial charge in [-0.3, -0.25) is 5.14 Å². The van der Waals surface area contributed by atoms with Crippen molar-refractivity contribution in [1.29, 1.82) is 0 Å². The molecular weight excluding hydrogens is 182 g/mol. The van der Waals surface area contributed by atoms with Gasteiger partial charge in [0.25, 0.3) is 0 Å². The molecule has 0 aromatic rings. The summed E-state index contributed by atoms with van der Waals surface area (Å²) in [5.41, 5.74) is 0. The first-order valence-electron chi connectivity index (χ1n) is 5.34. The summed E-state index contributed by atoms with van der Waals surface area (Å²) in [6, 6.07) is 0. The lowest BCUT2D eigenvalue weighted by atomic mass is 9.56. The smallest absolute Gasteiger partial charge is 0.0951 e. The first-order chi connectivity index (χ1) is 6.18. The van der Waals surface area contributed by atoms with Gasteiger partial charge in [0.1, 0.15) is 0 Å². The Morgan fingerprint density at radius 1 is 1.00 bits per heavy atom. The Morgan fingerprint density at radius 2 is 1.38 bits per heavy atom. The summed E-state index contributed by atoms with van der Waals surface area (Å²) < 4.78 is 11.6. The van der Waals surface area contributed by atoms with Gasteiger partial charge < -0.3 is 0 Å². The van der Waals surface area contributed by atoms with Crippen LogP contribution in [0.1, 0.15) is 38.5 Å². The molecule has 0 spiro atoms. The maximum Gasteiger partial charge on any atom is 0.0951 e. The third kappa shape index (κ3) is 1.13. The summed E-state index contributed by atoms with van der Waals surface area (Å²) in [7, 11) is -1.07. The van der Waals surface area contributed by atoms with Crippen molar-refractivity contribution in [3.8, 4) is 0 Å². The molecule has 4 bridgehead atoms. The Balaban J connectivity index is 1.95. The highest BCUT2D eigenvalue weighted by Crippen LogP contribution is 2.57. The average Bonchev–Trinajstić information content (AvgIpc) is 2.00. The maximum atomic E-state index is 11.6. The number of nitrogens with two attached hydrogens (primary N) is 1. The third-order valence-electron chi connectivity index (χ3n) is 4.41. The second-order valence-electron chi connectivity index (χ2n) is 5.40. The minimum absolute atomic E-state index is 0.0503. The molecule has 0 heterocycles. The van der Waals surface area contributed by atoms with Gasteiger partial charge in [-0.05, 0) is 56.3 Å². The van der Waals surface area contributed by atoms with Gasteiger partial charge in [0.15, 0.2) is 0 Å². The number of rotatable bonds is 1. The van der Waals surface area contributed by atoms with Crippen LogP contribution in [-0.4, -0.2) is 8.96 Å². The van der Waals surface area contributed by atoms with Gasteiger partial charge in [-0.15, -0.1) is 0 Å². The van der Waals surface area contributed by atoms with Crippen molar-refractivity contribution in [1.82, 2.24) is 0 Å². The predicted octanol–water partition coefficient (Wildman–Crippen LogP) is 1.58. The van der Waals surface area contributed by atoms with E-state index in [1.54, 1.807) is 0 Å². The summed E-state index contributed by atoms with van der Waals surface area (Å²) in [6.07, 6.45) is 7.66. The molecule has 2 nitrogen and oxygen atoms in total. The number of hydrogen-bond acceptors (Lipinski definition) is 1. The van der Waals surface area contributed by atoms with Crippen LogP contribution in [0.4, 0.5) is 0 Å². The Kier molecular flexibility index (Phi) is 1.67. The van der Waals surface area contributed by atoms with Crippen LogP contribution >= 0.6 is 0 Å². The molecule has 2 N–H and O–H groups in total. The van der Waals surface area contributed by atoms with Crippen molar-refractivity contribution < 1.29 is 4.21 Å². The van der Waals surface area contributed by atoms with Gasteiger partial charge in [0, 0.05) is 0 Å². The van der Waals surface area contributed by atoms with Crippen LogP contribution in [0.2, 0.25) is 0 Å². The van der Waals surface area contributed by atoms with E-state index in [4.69, 9.17) is 5.14 Å². The largest absolute Gasteiger partial charge is 0.251 e. The van der Waals surface area contributed by atoms with E-state index in [-0.39, 0.29) is 4.75 Å². The standard InChI is InChI=1S/C10H17NOS/c11-13(12)10-4-7-1-8(5-10)3-9(2-7)6-10/h7-9H,1-6,11H2/t7?,8?,9?,10?,13-/m0/s1. The van der Waals surface area contributed by atoms with Crippen molar-refractivity contribution in [2.75, 3.05) is 0 Å². The molecule has 4 fully saturated rings. The summed E-state index contributed by atoms with van der Waals surface area (Å²) in [4.78, 5) is 0. The molecule has 0 aromatic heterocycles. The lowest BCUT2D eigenvalue weighted by Crippen LogP contribution is -2.54. The highest BCUT2D eigenvalue weighted by molar-refractivity contribution is 7.84. The zero-order valence-corrected chi connectivity index (χ0v) is 8.69. The van der Waals surface area contributed by atoms with Gasteiger partial charge in [-0.1, -0.05) is 0 Å². The van der Waals surface area contributed by atoms with Crippen molar-refractivity contribution >= 4 is 11.0 Å². The molecule has 0 radical (unpaired) electrons. The topological polar surface area (TPSA) is 43.1 Å². The van der Waals surface area contributed by atoms with E-state index in [9.17, 15) is 4.21 Å². The molecule has 0 aliphatic heterocycles. The summed E-state index contributed by atoms with van der Waals surface area (Å²) in [6.45, 7) is 0. The zero-order valence-electron chi connectivity index (χ0n) is 7.87. The van der Waals surface area contributed by atoms with Crippen molar-refractivity contribution in [3.63, 3.8) is 0 Å². The van der Waals surface area contributed by atoms with E-state index in [2.05, 4.69) is 0 Å². The van der Waals surface area contributed by atoms with E-state index in [1.165, 1.54) is 19.3 Å². The Labute approximate surface area is 81.9 Å². The minimum atomic E-state index is -1.07. The van der Waals surface area contributed by atoms with E-state index >= 15 is 0 Å². The second-order valence-corrected chi connectivity index (χ2v) is 6.86. The van der Waals surface area contributed by atoms with Crippen molar-refractivity contribution in [2.45, 2.75) is 43.3 Å². The molecule has 1 atom stereocenters. The van der Waals surface area contributed by atoms with Gasteiger partial charge >= 0.3 is 0 Å². The average molecular weight is 199 g/mol. The Bertz CT molecular complexity index is 228. The molecule has 74 valence electrons. The van der Waals surface area contributed by atoms with E-state index in [0.29, 0.717) is 0 Å². The fourth-order valence-corrected chi connectivity index (χ4v) is 5.48. The van der Waals surface area contributed by atoms with Crippen LogP contribution < -0.4 is 5.14 Å². The predicted molar refractivity (Wildman–Crippen MR) is 53.2 cm³/mol. The normalized spacial score (nSPS) is 55.3. The van der Waals surface area contributed by atoms with Crippen molar-refractivity contribution in [3.05, 3.63) is 0 Å². The molecule has 4 rings (SSSR count). The Hall–Kier alpha value is 0.110.